The molecule has 0 aliphatic heterocycles. The Hall–Kier alpha value is -0.850. The minimum absolute atomic E-state index is 0.158. The molecule has 0 spiro atoms. The Morgan fingerprint density at radius 2 is 1.87 bits per heavy atom. The monoisotopic (exact) mass is 315 g/mol. The van der Waals surface area contributed by atoms with Crippen molar-refractivity contribution in [2.45, 2.75) is 76.9 Å². The molecule has 23 heavy (non-hydrogen) atoms. The number of rotatable bonds is 0. The van der Waals surface area contributed by atoms with Gasteiger partial charge in [-0.1, -0.05) is 25.5 Å². The van der Waals surface area contributed by atoms with Gasteiger partial charge >= 0.3 is 0 Å². The first-order valence-corrected chi connectivity index (χ1v) is 9.35. The molecule has 0 saturated heterocycles. The molecule has 2 N–H and O–H groups in total. The van der Waals surface area contributed by atoms with Gasteiger partial charge in [-0.15, -0.1) is 0 Å². The van der Waals surface area contributed by atoms with Crippen LogP contribution >= 0.6 is 0 Å². The Kier molecular flexibility index (Phi) is 3.29. The maximum atomic E-state index is 10.9. The lowest BCUT2D eigenvalue weighted by Crippen LogP contribution is -2.54. The molecule has 0 heterocycles. The van der Waals surface area contributed by atoms with Crippen LogP contribution in [0, 0.1) is 39.9 Å². The summed E-state index contributed by atoms with van der Waals surface area (Å²) in [6, 6.07) is 2.25. The number of fused-ring (bicyclic) bond motifs is 5. The zero-order valence-corrected chi connectivity index (χ0v) is 14.4. The quantitative estimate of drug-likeness (QED) is 0.530. The predicted molar refractivity (Wildman–Crippen MR) is 88.3 cm³/mol. The standard InChI is InChI=1S/C20H29NO2/c1-18-8-5-14(22)11-13(18)3-4-15-16(18)6-9-19(2)17(15)7-10-20(19,23)12-21/h3,14-17,22-23H,4-11H2,1-2H3/t14-,15+,16-,17+,18-,19+,20-/m0/s1. The molecule has 0 amide bonds. The average Bonchev–Trinajstić information content (AvgIpc) is 2.80. The van der Waals surface area contributed by atoms with Gasteiger partial charge in [-0.25, -0.2) is 0 Å². The van der Waals surface area contributed by atoms with Crippen LogP contribution in [-0.4, -0.2) is 21.9 Å². The van der Waals surface area contributed by atoms with Crippen LogP contribution in [0.25, 0.3) is 0 Å². The lowest BCUT2D eigenvalue weighted by molar-refractivity contribution is -0.0978. The van der Waals surface area contributed by atoms with Crippen molar-refractivity contribution in [3.63, 3.8) is 0 Å². The lowest BCUT2D eigenvalue weighted by atomic mass is 9.47. The van der Waals surface area contributed by atoms with Crippen LogP contribution in [0.5, 0.6) is 0 Å². The van der Waals surface area contributed by atoms with Crippen molar-refractivity contribution in [3.05, 3.63) is 11.6 Å². The Morgan fingerprint density at radius 3 is 2.61 bits per heavy atom. The second-order valence-electron chi connectivity index (χ2n) is 9.12. The van der Waals surface area contributed by atoms with Crippen LogP contribution in [0.1, 0.15) is 65.2 Å². The maximum Gasteiger partial charge on any atom is 0.156 e. The number of nitriles is 1. The number of hydrogen-bond donors (Lipinski definition) is 2. The zero-order chi connectivity index (χ0) is 16.5. The van der Waals surface area contributed by atoms with Gasteiger partial charge in [0, 0.05) is 5.41 Å². The highest BCUT2D eigenvalue weighted by Crippen LogP contribution is 2.66. The van der Waals surface area contributed by atoms with E-state index in [9.17, 15) is 15.5 Å². The largest absolute Gasteiger partial charge is 0.393 e. The van der Waals surface area contributed by atoms with E-state index in [1.54, 1.807) is 0 Å². The lowest BCUT2D eigenvalue weighted by Gasteiger charge is -2.58. The van der Waals surface area contributed by atoms with E-state index in [1.165, 1.54) is 5.57 Å². The Morgan fingerprint density at radius 1 is 1.13 bits per heavy atom. The van der Waals surface area contributed by atoms with E-state index in [0.29, 0.717) is 24.2 Å². The summed E-state index contributed by atoms with van der Waals surface area (Å²) in [6.07, 6.45) is 9.89. The summed E-state index contributed by atoms with van der Waals surface area (Å²) in [7, 11) is 0. The fourth-order valence-corrected chi connectivity index (χ4v) is 6.84. The molecule has 0 radical (unpaired) electrons. The van der Waals surface area contributed by atoms with Crippen molar-refractivity contribution < 1.29 is 10.2 Å². The summed E-state index contributed by atoms with van der Waals surface area (Å²) < 4.78 is 0. The van der Waals surface area contributed by atoms with Gasteiger partial charge in [0.1, 0.15) is 0 Å². The van der Waals surface area contributed by atoms with Crippen molar-refractivity contribution in [2.75, 3.05) is 0 Å². The molecule has 4 rings (SSSR count). The first-order chi connectivity index (χ1) is 10.8. The fraction of sp³-hybridized carbons (Fsp3) is 0.850. The topological polar surface area (TPSA) is 64.2 Å². The zero-order valence-electron chi connectivity index (χ0n) is 14.4. The third kappa shape index (κ3) is 1.88. The van der Waals surface area contributed by atoms with E-state index in [2.05, 4.69) is 26.0 Å². The molecule has 0 bridgehead atoms. The summed E-state index contributed by atoms with van der Waals surface area (Å²) in [5.74, 6) is 1.72. The maximum absolute atomic E-state index is 10.9. The van der Waals surface area contributed by atoms with Gasteiger partial charge in [0.2, 0.25) is 0 Å². The summed E-state index contributed by atoms with van der Waals surface area (Å²) >= 11 is 0. The highest BCUT2D eigenvalue weighted by Gasteiger charge is 2.64. The van der Waals surface area contributed by atoms with Crippen molar-refractivity contribution >= 4 is 0 Å². The molecule has 0 aromatic carbocycles. The number of hydrogen-bond acceptors (Lipinski definition) is 3. The van der Waals surface area contributed by atoms with E-state index in [0.717, 1.165) is 44.9 Å². The van der Waals surface area contributed by atoms with Gasteiger partial charge in [-0.2, -0.15) is 5.26 Å². The molecule has 0 aromatic heterocycles. The highest BCUT2D eigenvalue weighted by molar-refractivity contribution is 5.27. The molecule has 4 aliphatic rings. The molecule has 0 aromatic rings. The minimum Gasteiger partial charge on any atom is -0.393 e. The summed E-state index contributed by atoms with van der Waals surface area (Å²) in [5, 5.41) is 30.5. The second-order valence-corrected chi connectivity index (χ2v) is 9.12. The molecule has 126 valence electrons. The average molecular weight is 315 g/mol. The van der Waals surface area contributed by atoms with Crippen LogP contribution in [-0.2, 0) is 0 Å². The van der Waals surface area contributed by atoms with Gasteiger partial charge in [-0.05, 0) is 74.5 Å². The molecule has 3 nitrogen and oxygen atoms in total. The van der Waals surface area contributed by atoms with Crippen LogP contribution in [0.3, 0.4) is 0 Å². The number of allylic oxidation sites excluding steroid dienone is 1. The molecular formula is C20H29NO2. The van der Waals surface area contributed by atoms with Gasteiger partial charge in [0.05, 0.1) is 12.2 Å². The SMILES string of the molecule is C[C@]12CC[C@H](O)CC1=CC[C@H]1[C@H]3CC[C@](O)(C#N)[C@]3(C)CC[C@@H]12. The van der Waals surface area contributed by atoms with E-state index in [1.807, 2.05) is 0 Å². The van der Waals surface area contributed by atoms with Crippen LogP contribution in [0.4, 0.5) is 0 Å². The van der Waals surface area contributed by atoms with Gasteiger partial charge in [0.15, 0.2) is 5.60 Å². The minimum atomic E-state index is -1.13. The number of aliphatic hydroxyl groups excluding tert-OH is 1. The van der Waals surface area contributed by atoms with Crippen molar-refractivity contribution in [1.29, 1.82) is 5.26 Å². The molecule has 3 heteroatoms. The number of aliphatic hydroxyl groups is 2. The first kappa shape index (κ1) is 15.7. The molecule has 4 aliphatic carbocycles. The van der Waals surface area contributed by atoms with E-state index in [4.69, 9.17) is 0 Å². The van der Waals surface area contributed by atoms with Crippen molar-refractivity contribution in [1.82, 2.24) is 0 Å². The van der Waals surface area contributed by atoms with Gasteiger partial charge in [-0.3, -0.25) is 0 Å². The highest BCUT2D eigenvalue weighted by atomic mass is 16.3. The molecule has 3 fully saturated rings. The fourth-order valence-electron chi connectivity index (χ4n) is 6.84. The first-order valence-electron chi connectivity index (χ1n) is 9.35. The summed E-state index contributed by atoms with van der Waals surface area (Å²) in [4.78, 5) is 0. The second kappa shape index (κ2) is 4.83. The normalized spacial score (nSPS) is 55.2. The molecule has 7 atom stereocenters. The van der Waals surface area contributed by atoms with Gasteiger partial charge in [0.25, 0.3) is 0 Å². The molecule has 0 unspecified atom stereocenters. The van der Waals surface area contributed by atoms with E-state index >= 15 is 0 Å². The Bertz CT molecular complexity index is 593. The Labute approximate surface area is 139 Å². The molecule has 3 saturated carbocycles. The van der Waals surface area contributed by atoms with Crippen molar-refractivity contribution in [3.8, 4) is 6.07 Å². The Balaban J connectivity index is 1.69. The smallest absolute Gasteiger partial charge is 0.156 e. The molecular weight excluding hydrogens is 286 g/mol. The van der Waals surface area contributed by atoms with Crippen molar-refractivity contribution in [2.24, 2.45) is 28.6 Å². The summed E-state index contributed by atoms with van der Waals surface area (Å²) in [5.41, 5.74) is 0.348. The third-order valence-corrected chi connectivity index (χ3v) is 8.41. The van der Waals surface area contributed by atoms with E-state index in [-0.39, 0.29) is 16.9 Å². The number of nitrogens with zero attached hydrogens (tertiary/aromatic N) is 1. The third-order valence-electron chi connectivity index (χ3n) is 8.41. The van der Waals surface area contributed by atoms with Crippen LogP contribution < -0.4 is 0 Å². The van der Waals surface area contributed by atoms with E-state index < -0.39 is 5.60 Å². The summed E-state index contributed by atoms with van der Waals surface area (Å²) in [6.45, 7) is 4.58. The van der Waals surface area contributed by atoms with Crippen LogP contribution in [0.2, 0.25) is 0 Å². The van der Waals surface area contributed by atoms with Gasteiger partial charge < -0.3 is 10.2 Å². The predicted octanol–water partition coefficient (Wildman–Crippen LogP) is 3.56. The van der Waals surface area contributed by atoms with Crippen LogP contribution in [0.15, 0.2) is 11.6 Å².